The molecule has 2 unspecified atom stereocenters. The van der Waals surface area contributed by atoms with Gasteiger partial charge < -0.3 is 9.64 Å². The topological polar surface area (TPSA) is 58.6 Å². The molecule has 3 rings (SSSR count). The van der Waals surface area contributed by atoms with Gasteiger partial charge in [-0.3, -0.25) is 9.69 Å². The van der Waals surface area contributed by atoms with Gasteiger partial charge in [-0.1, -0.05) is 0 Å². The maximum Gasteiger partial charge on any atom is 0.228 e. The van der Waals surface area contributed by atoms with E-state index in [-0.39, 0.29) is 11.8 Å². The molecule has 0 saturated carbocycles. The van der Waals surface area contributed by atoms with E-state index in [0.29, 0.717) is 12.6 Å². The highest BCUT2D eigenvalue weighted by Gasteiger charge is 2.33. The van der Waals surface area contributed by atoms with Crippen molar-refractivity contribution >= 4 is 5.91 Å². The average molecular weight is 304 g/mol. The summed E-state index contributed by atoms with van der Waals surface area (Å²) in [6, 6.07) is 2.21. The molecule has 1 amide bonds. The summed E-state index contributed by atoms with van der Waals surface area (Å²) in [7, 11) is 2.08. The molecule has 0 spiro atoms. The second-order valence-electron chi connectivity index (χ2n) is 6.22. The van der Waals surface area contributed by atoms with Gasteiger partial charge in [0, 0.05) is 38.1 Å². The summed E-state index contributed by atoms with van der Waals surface area (Å²) in [5, 5.41) is 0. The van der Waals surface area contributed by atoms with E-state index in [1.165, 1.54) is 0 Å². The highest BCUT2D eigenvalue weighted by Crippen LogP contribution is 2.22. The largest absolute Gasteiger partial charge is 0.381 e. The lowest BCUT2D eigenvalue weighted by atomic mass is 10.0. The van der Waals surface area contributed by atoms with Crippen molar-refractivity contribution in [1.82, 2.24) is 19.8 Å². The lowest BCUT2D eigenvalue weighted by Gasteiger charge is -2.27. The number of likely N-dealkylation sites (tertiary alicyclic amines) is 1. The quantitative estimate of drug-likeness (QED) is 0.828. The van der Waals surface area contributed by atoms with Crippen molar-refractivity contribution in [1.29, 1.82) is 0 Å². The van der Waals surface area contributed by atoms with Crippen LogP contribution in [0.25, 0.3) is 0 Å². The summed E-state index contributed by atoms with van der Waals surface area (Å²) in [6.45, 7) is 3.76. The van der Waals surface area contributed by atoms with Crippen LogP contribution in [0, 0.1) is 5.92 Å². The van der Waals surface area contributed by atoms with Crippen molar-refractivity contribution in [3.63, 3.8) is 0 Å². The van der Waals surface area contributed by atoms with Gasteiger partial charge in [-0.2, -0.15) is 0 Å². The number of amides is 1. The predicted octanol–water partition coefficient (Wildman–Crippen LogP) is 0.936. The Kier molecular flexibility index (Phi) is 5.00. The molecule has 3 heterocycles. The first kappa shape index (κ1) is 15.4. The molecule has 2 atom stereocenters. The van der Waals surface area contributed by atoms with Crippen molar-refractivity contribution in [2.24, 2.45) is 5.92 Å². The SMILES string of the molecule is CN(Cc1ncccn1)C1CCN(C(=O)C2CCCOC2)C1. The molecule has 22 heavy (non-hydrogen) atoms. The van der Waals surface area contributed by atoms with Gasteiger partial charge in [0.05, 0.1) is 19.1 Å². The minimum absolute atomic E-state index is 0.0651. The van der Waals surface area contributed by atoms with Crippen LogP contribution in [-0.2, 0) is 16.1 Å². The Balaban J connectivity index is 1.52. The van der Waals surface area contributed by atoms with Crippen molar-refractivity contribution in [2.45, 2.75) is 31.8 Å². The van der Waals surface area contributed by atoms with Gasteiger partial charge in [-0.05, 0) is 32.4 Å². The molecule has 120 valence electrons. The Bertz CT molecular complexity index is 490. The number of carbonyl (C=O) groups is 1. The number of likely N-dealkylation sites (N-methyl/N-ethyl adjacent to an activating group) is 1. The number of aromatic nitrogens is 2. The summed E-state index contributed by atoms with van der Waals surface area (Å²) in [5.74, 6) is 1.16. The van der Waals surface area contributed by atoms with Crippen LogP contribution in [0.1, 0.15) is 25.1 Å². The fraction of sp³-hybridized carbons (Fsp3) is 0.688. The van der Waals surface area contributed by atoms with E-state index in [0.717, 1.165) is 51.3 Å². The number of nitrogens with zero attached hydrogens (tertiary/aromatic N) is 4. The molecule has 2 aliphatic heterocycles. The van der Waals surface area contributed by atoms with E-state index in [1.807, 2.05) is 11.0 Å². The van der Waals surface area contributed by atoms with Crippen molar-refractivity contribution < 1.29 is 9.53 Å². The molecule has 6 nitrogen and oxygen atoms in total. The third-order valence-corrected chi connectivity index (χ3v) is 4.62. The highest BCUT2D eigenvalue weighted by atomic mass is 16.5. The summed E-state index contributed by atoms with van der Waals surface area (Å²) in [6.07, 6.45) is 6.52. The van der Waals surface area contributed by atoms with Gasteiger partial charge >= 0.3 is 0 Å². The Morgan fingerprint density at radius 2 is 2.23 bits per heavy atom. The molecule has 2 fully saturated rings. The summed E-state index contributed by atoms with van der Waals surface area (Å²) in [4.78, 5) is 25.3. The Hall–Kier alpha value is -1.53. The van der Waals surface area contributed by atoms with E-state index in [1.54, 1.807) is 12.4 Å². The maximum atomic E-state index is 12.5. The molecular weight excluding hydrogens is 280 g/mol. The number of rotatable bonds is 4. The minimum atomic E-state index is 0.0651. The molecule has 1 aromatic rings. The van der Waals surface area contributed by atoms with Gasteiger partial charge in [-0.25, -0.2) is 9.97 Å². The van der Waals surface area contributed by atoms with E-state index in [2.05, 4.69) is 21.9 Å². The lowest BCUT2D eigenvalue weighted by molar-refractivity contribution is -0.138. The van der Waals surface area contributed by atoms with Crippen molar-refractivity contribution in [3.8, 4) is 0 Å². The number of hydrogen-bond donors (Lipinski definition) is 0. The van der Waals surface area contributed by atoms with Crippen molar-refractivity contribution in [2.75, 3.05) is 33.4 Å². The minimum Gasteiger partial charge on any atom is -0.381 e. The Labute approximate surface area is 131 Å². The molecule has 0 aromatic carbocycles. The fourth-order valence-corrected chi connectivity index (χ4v) is 3.26. The second-order valence-corrected chi connectivity index (χ2v) is 6.22. The van der Waals surface area contributed by atoms with E-state index >= 15 is 0 Å². The zero-order valence-corrected chi connectivity index (χ0v) is 13.1. The molecule has 6 heteroatoms. The van der Waals surface area contributed by atoms with Gasteiger partial charge in [0.1, 0.15) is 5.82 Å². The summed E-state index contributed by atoms with van der Waals surface area (Å²) >= 11 is 0. The molecule has 2 aliphatic rings. The first-order valence-corrected chi connectivity index (χ1v) is 8.06. The predicted molar refractivity (Wildman–Crippen MR) is 82.0 cm³/mol. The van der Waals surface area contributed by atoms with E-state index < -0.39 is 0 Å². The standard InChI is InChI=1S/C16H24N4O2/c1-19(11-15-17-6-3-7-18-15)14-5-8-20(10-14)16(21)13-4-2-9-22-12-13/h3,6-7,13-14H,2,4-5,8-12H2,1H3. The molecule has 0 N–H and O–H groups in total. The summed E-state index contributed by atoms with van der Waals surface area (Å²) < 4.78 is 5.44. The summed E-state index contributed by atoms with van der Waals surface area (Å²) in [5.41, 5.74) is 0. The Morgan fingerprint density at radius 3 is 2.95 bits per heavy atom. The first-order chi connectivity index (χ1) is 10.7. The Morgan fingerprint density at radius 1 is 1.41 bits per heavy atom. The molecule has 0 bridgehead atoms. The van der Waals surface area contributed by atoms with Gasteiger partial charge in [-0.15, -0.1) is 0 Å². The zero-order chi connectivity index (χ0) is 15.4. The molecule has 2 saturated heterocycles. The van der Waals surface area contributed by atoms with Crippen LogP contribution < -0.4 is 0 Å². The highest BCUT2D eigenvalue weighted by molar-refractivity contribution is 5.79. The number of carbonyl (C=O) groups excluding carboxylic acids is 1. The van der Waals surface area contributed by atoms with Crippen LogP contribution in [0.3, 0.4) is 0 Å². The number of ether oxygens (including phenoxy) is 1. The molecule has 1 aromatic heterocycles. The molecule has 0 aliphatic carbocycles. The third kappa shape index (κ3) is 3.62. The maximum absolute atomic E-state index is 12.5. The van der Waals surface area contributed by atoms with Crippen LogP contribution >= 0.6 is 0 Å². The first-order valence-electron chi connectivity index (χ1n) is 8.06. The monoisotopic (exact) mass is 304 g/mol. The molecular formula is C16H24N4O2. The normalized spacial score (nSPS) is 25.6. The van der Waals surface area contributed by atoms with E-state index in [4.69, 9.17) is 4.74 Å². The smallest absolute Gasteiger partial charge is 0.228 e. The third-order valence-electron chi connectivity index (χ3n) is 4.62. The second kappa shape index (κ2) is 7.15. The average Bonchev–Trinajstić information content (AvgIpc) is 3.06. The van der Waals surface area contributed by atoms with Crippen LogP contribution in [0.4, 0.5) is 0 Å². The van der Waals surface area contributed by atoms with Crippen LogP contribution in [0.15, 0.2) is 18.5 Å². The van der Waals surface area contributed by atoms with Crippen LogP contribution in [0.2, 0.25) is 0 Å². The van der Waals surface area contributed by atoms with Crippen molar-refractivity contribution in [3.05, 3.63) is 24.3 Å². The van der Waals surface area contributed by atoms with Gasteiger partial charge in [0.15, 0.2) is 0 Å². The molecule has 0 radical (unpaired) electrons. The zero-order valence-electron chi connectivity index (χ0n) is 13.1. The van der Waals surface area contributed by atoms with Gasteiger partial charge in [0.25, 0.3) is 0 Å². The van der Waals surface area contributed by atoms with Gasteiger partial charge in [0.2, 0.25) is 5.91 Å². The van der Waals surface area contributed by atoms with E-state index in [9.17, 15) is 4.79 Å². The lowest BCUT2D eigenvalue weighted by Crippen LogP contribution is -2.40. The number of hydrogen-bond acceptors (Lipinski definition) is 5. The van der Waals surface area contributed by atoms with Crippen LogP contribution in [-0.4, -0.2) is 65.1 Å². The van der Waals surface area contributed by atoms with Crippen LogP contribution in [0.5, 0.6) is 0 Å². The fourth-order valence-electron chi connectivity index (χ4n) is 3.26.